The first-order chi connectivity index (χ1) is 22.7. The number of nitrogens with zero attached hydrogens (tertiary/aromatic N) is 4. The van der Waals surface area contributed by atoms with Crippen molar-refractivity contribution in [3.05, 3.63) is 126 Å². The van der Waals surface area contributed by atoms with Gasteiger partial charge in [0.15, 0.2) is 17.5 Å². The largest absolute Gasteiger partial charge is 0.208 e. The first-order valence-electron chi connectivity index (χ1n) is 16.7. The van der Waals surface area contributed by atoms with Gasteiger partial charge in [0.1, 0.15) is 0 Å². The van der Waals surface area contributed by atoms with Gasteiger partial charge in [-0.05, 0) is 107 Å². The summed E-state index contributed by atoms with van der Waals surface area (Å²) in [5, 5.41) is 12.3. The minimum absolute atomic E-state index is 0.0781. The maximum absolute atomic E-state index is 9.92. The molecule has 5 aromatic carbocycles. The Hall–Kier alpha value is -5.14. The molecule has 4 bridgehead atoms. The summed E-state index contributed by atoms with van der Waals surface area (Å²) in [6.45, 7) is 0. The third kappa shape index (κ3) is 3.63. The zero-order chi connectivity index (χ0) is 30.4. The second kappa shape index (κ2) is 9.68. The molecule has 0 amide bonds. The van der Waals surface area contributed by atoms with E-state index in [4.69, 9.17) is 15.0 Å². The van der Waals surface area contributed by atoms with Crippen molar-refractivity contribution in [3.8, 4) is 51.4 Å². The molecule has 1 spiro atoms. The fraction of sp³-hybridized carbons (Fsp3) is 0.238. The molecule has 4 fully saturated rings. The fourth-order valence-electron chi connectivity index (χ4n) is 10.2. The van der Waals surface area contributed by atoms with Crippen molar-refractivity contribution in [2.75, 3.05) is 0 Å². The molecule has 0 unspecified atom stereocenters. The number of hydrogen-bond acceptors (Lipinski definition) is 4. The molecule has 0 saturated heterocycles. The third-order valence-electron chi connectivity index (χ3n) is 11.7. The van der Waals surface area contributed by atoms with Gasteiger partial charge < -0.3 is 0 Å². The van der Waals surface area contributed by atoms with Gasteiger partial charge >= 0.3 is 0 Å². The van der Waals surface area contributed by atoms with Crippen LogP contribution in [-0.4, -0.2) is 15.0 Å². The van der Waals surface area contributed by atoms with Crippen LogP contribution in [0.3, 0.4) is 0 Å². The molecule has 1 aromatic heterocycles. The Kier molecular flexibility index (Phi) is 5.49. The Morgan fingerprint density at radius 1 is 0.543 bits per heavy atom. The van der Waals surface area contributed by atoms with Crippen LogP contribution < -0.4 is 0 Å². The van der Waals surface area contributed by atoms with Crippen LogP contribution in [0.5, 0.6) is 0 Å². The van der Waals surface area contributed by atoms with E-state index in [1.807, 2.05) is 24.3 Å². The summed E-state index contributed by atoms with van der Waals surface area (Å²) in [5.41, 5.74) is 9.03. The standard InChI is InChI=1S/C42H32N4/c43-24-25-13-16-37-36(22-25)34-11-6-12-35(38(34)42(37)32-18-26-17-27(20-32)21-33(42)19-26)41-45-39(29-8-2-1-3-9-29)44-40(46-41)31-15-14-28-7-4-5-10-30(28)23-31/h1-16,22-23,26-27,32-33H,17-21H2. The molecule has 4 nitrogen and oxygen atoms in total. The lowest BCUT2D eigenvalue weighted by atomic mass is 9.43. The monoisotopic (exact) mass is 592 g/mol. The molecule has 6 aromatic rings. The molecular formula is C42H32N4. The fourth-order valence-corrected chi connectivity index (χ4v) is 10.2. The van der Waals surface area contributed by atoms with Crippen LogP contribution in [0.25, 0.3) is 56.1 Å². The summed E-state index contributed by atoms with van der Waals surface area (Å²) in [6.07, 6.45) is 6.55. The van der Waals surface area contributed by atoms with Crippen molar-refractivity contribution < 1.29 is 0 Å². The van der Waals surface area contributed by atoms with Crippen molar-refractivity contribution in [1.29, 1.82) is 5.26 Å². The first kappa shape index (κ1) is 26.1. The maximum Gasteiger partial charge on any atom is 0.164 e. The Morgan fingerprint density at radius 3 is 1.98 bits per heavy atom. The molecule has 5 aliphatic carbocycles. The van der Waals surface area contributed by atoms with Crippen LogP contribution in [0.1, 0.15) is 48.8 Å². The molecule has 0 radical (unpaired) electrons. The molecule has 0 N–H and O–H groups in total. The predicted molar refractivity (Wildman–Crippen MR) is 182 cm³/mol. The molecule has 46 heavy (non-hydrogen) atoms. The van der Waals surface area contributed by atoms with Gasteiger partial charge in [0.2, 0.25) is 0 Å². The second-order valence-corrected chi connectivity index (χ2v) is 14.0. The van der Waals surface area contributed by atoms with E-state index >= 15 is 0 Å². The zero-order valence-corrected chi connectivity index (χ0v) is 25.5. The maximum atomic E-state index is 9.92. The zero-order valence-electron chi connectivity index (χ0n) is 25.5. The molecule has 11 rings (SSSR count). The topological polar surface area (TPSA) is 62.5 Å². The van der Waals surface area contributed by atoms with Crippen LogP contribution in [0.2, 0.25) is 0 Å². The highest BCUT2D eigenvalue weighted by Crippen LogP contribution is 2.70. The van der Waals surface area contributed by atoms with Crippen LogP contribution in [0, 0.1) is 35.0 Å². The summed E-state index contributed by atoms with van der Waals surface area (Å²) >= 11 is 0. The lowest BCUT2D eigenvalue weighted by Gasteiger charge is -2.61. The van der Waals surface area contributed by atoms with Gasteiger partial charge in [0.05, 0.1) is 11.6 Å². The number of aromatic nitrogens is 3. The average molecular weight is 593 g/mol. The average Bonchev–Trinajstić information content (AvgIpc) is 3.40. The van der Waals surface area contributed by atoms with E-state index in [0.717, 1.165) is 39.9 Å². The third-order valence-corrected chi connectivity index (χ3v) is 11.7. The van der Waals surface area contributed by atoms with E-state index in [1.165, 1.54) is 65.1 Å². The molecular weight excluding hydrogens is 560 g/mol. The molecule has 0 atom stereocenters. The molecule has 4 saturated carbocycles. The Morgan fingerprint density at radius 2 is 1.22 bits per heavy atom. The normalized spacial score (nSPS) is 25.0. The van der Waals surface area contributed by atoms with Crippen molar-refractivity contribution in [3.63, 3.8) is 0 Å². The van der Waals surface area contributed by atoms with Gasteiger partial charge in [-0.3, -0.25) is 0 Å². The van der Waals surface area contributed by atoms with Gasteiger partial charge in [-0.1, -0.05) is 91.0 Å². The van der Waals surface area contributed by atoms with Gasteiger partial charge in [-0.15, -0.1) is 0 Å². The van der Waals surface area contributed by atoms with Crippen molar-refractivity contribution in [1.82, 2.24) is 15.0 Å². The Bertz CT molecular complexity index is 2220. The van der Waals surface area contributed by atoms with Crippen LogP contribution >= 0.6 is 0 Å². The Balaban J connectivity index is 1.24. The lowest BCUT2D eigenvalue weighted by Crippen LogP contribution is -2.55. The summed E-state index contributed by atoms with van der Waals surface area (Å²) < 4.78 is 0. The molecule has 5 aliphatic rings. The lowest BCUT2D eigenvalue weighted by molar-refractivity contribution is -0.0397. The van der Waals surface area contributed by atoms with E-state index in [1.54, 1.807) is 0 Å². The SMILES string of the molecule is N#Cc1ccc2c(c1)-c1cccc(-c3nc(-c4ccccc4)nc(-c4ccc5ccccc5c4)n3)c1C21C2CC3CC(C2)CC1C3. The van der Waals surface area contributed by atoms with E-state index in [-0.39, 0.29) is 5.41 Å². The van der Waals surface area contributed by atoms with Gasteiger partial charge in [0.25, 0.3) is 0 Å². The second-order valence-electron chi connectivity index (χ2n) is 14.0. The summed E-state index contributed by atoms with van der Waals surface area (Å²) in [6, 6.07) is 40.8. The highest BCUT2D eigenvalue weighted by atomic mass is 15.0. The minimum atomic E-state index is -0.0781. The van der Waals surface area contributed by atoms with E-state index in [0.29, 0.717) is 23.5 Å². The number of hydrogen-bond donors (Lipinski definition) is 0. The summed E-state index contributed by atoms with van der Waals surface area (Å²) in [4.78, 5) is 15.6. The van der Waals surface area contributed by atoms with Crippen LogP contribution in [-0.2, 0) is 5.41 Å². The highest BCUT2D eigenvalue weighted by Gasteiger charge is 2.62. The van der Waals surface area contributed by atoms with Crippen LogP contribution in [0.15, 0.2) is 109 Å². The van der Waals surface area contributed by atoms with E-state index < -0.39 is 0 Å². The highest BCUT2D eigenvalue weighted by molar-refractivity contribution is 5.90. The number of benzene rings is 5. The molecule has 220 valence electrons. The summed E-state index contributed by atoms with van der Waals surface area (Å²) in [7, 11) is 0. The molecule has 0 aliphatic heterocycles. The molecule has 4 heteroatoms. The smallest absolute Gasteiger partial charge is 0.164 e. The predicted octanol–water partition coefficient (Wildman–Crippen LogP) is 9.62. The van der Waals surface area contributed by atoms with Crippen molar-refractivity contribution in [2.45, 2.75) is 37.5 Å². The number of nitriles is 1. The van der Waals surface area contributed by atoms with E-state index in [9.17, 15) is 5.26 Å². The van der Waals surface area contributed by atoms with Gasteiger partial charge in [-0.25, -0.2) is 15.0 Å². The molecule has 1 heterocycles. The van der Waals surface area contributed by atoms with Gasteiger partial charge in [-0.2, -0.15) is 5.26 Å². The van der Waals surface area contributed by atoms with Crippen molar-refractivity contribution >= 4 is 10.8 Å². The number of fused-ring (bicyclic) bond motifs is 4. The van der Waals surface area contributed by atoms with Crippen molar-refractivity contribution in [2.24, 2.45) is 23.7 Å². The van der Waals surface area contributed by atoms with Crippen LogP contribution in [0.4, 0.5) is 0 Å². The quantitative estimate of drug-likeness (QED) is 0.205. The van der Waals surface area contributed by atoms with E-state index in [2.05, 4.69) is 91.0 Å². The Labute approximate surface area is 268 Å². The first-order valence-corrected chi connectivity index (χ1v) is 16.7. The minimum Gasteiger partial charge on any atom is -0.208 e. The van der Waals surface area contributed by atoms with Gasteiger partial charge in [0, 0.05) is 22.1 Å². The number of rotatable bonds is 3. The summed E-state index contributed by atoms with van der Waals surface area (Å²) in [5.74, 6) is 4.97.